The summed E-state index contributed by atoms with van der Waals surface area (Å²) in [5, 5.41) is 9.30. The minimum absolute atomic E-state index is 0.286. The molecule has 0 saturated carbocycles. The lowest BCUT2D eigenvalue weighted by Crippen LogP contribution is -2.01. The van der Waals surface area contributed by atoms with Gasteiger partial charge in [-0.05, 0) is 12.3 Å². The van der Waals surface area contributed by atoms with E-state index in [0.29, 0.717) is 26.5 Å². The molecule has 0 amide bonds. The van der Waals surface area contributed by atoms with Crippen LogP contribution in [0.15, 0.2) is 23.4 Å². The van der Waals surface area contributed by atoms with Gasteiger partial charge in [0.25, 0.3) is 0 Å². The van der Waals surface area contributed by atoms with Crippen molar-refractivity contribution in [1.29, 1.82) is 0 Å². The van der Waals surface area contributed by atoms with E-state index in [9.17, 15) is 0 Å². The number of nitrogens with zero attached hydrogens (tertiary/aromatic N) is 3. The first kappa shape index (κ1) is 12.4. The SMILES string of the molecule is CSc1nnc(-c2cccc(Cl)c2Cl)c(N)n1. The average Bonchev–Trinajstić information content (AvgIpc) is 2.33. The number of thioether (sulfide) groups is 1. The molecule has 2 aromatic rings. The summed E-state index contributed by atoms with van der Waals surface area (Å²) in [7, 11) is 0. The number of halogens is 2. The summed E-state index contributed by atoms with van der Waals surface area (Å²) in [5.74, 6) is 0.286. The molecular formula is C10H8Cl2N4S. The van der Waals surface area contributed by atoms with Crippen LogP contribution in [-0.4, -0.2) is 21.4 Å². The second kappa shape index (κ2) is 5.08. The van der Waals surface area contributed by atoms with Crippen LogP contribution in [0.1, 0.15) is 0 Å². The molecule has 0 atom stereocenters. The maximum Gasteiger partial charge on any atom is 0.210 e. The van der Waals surface area contributed by atoms with Crippen LogP contribution < -0.4 is 5.73 Å². The normalized spacial score (nSPS) is 10.5. The molecule has 0 radical (unpaired) electrons. The topological polar surface area (TPSA) is 64.7 Å². The highest BCUT2D eigenvalue weighted by Crippen LogP contribution is 2.34. The van der Waals surface area contributed by atoms with Crippen molar-refractivity contribution >= 4 is 40.8 Å². The van der Waals surface area contributed by atoms with Crippen molar-refractivity contribution in [3.05, 3.63) is 28.2 Å². The standard InChI is InChI=1S/C10H8Cl2N4S/c1-17-10-14-9(13)8(15-16-10)5-3-2-4-6(11)7(5)12/h2-4H,1H3,(H2,13,14,16). The van der Waals surface area contributed by atoms with Gasteiger partial charge in [-0.1, -0.05) is 47.1 Å². The van der Waals surface area contributed by atoms with E-state index in [-0.39, 0.29) is 5.82 Å². The van der Waals surface area contributed by atoms with Gasteiger partial charge in [0.15, 0.2) is 5.82 Å². The molecular weight excluding hydrogens is 279 g/mol. The van der Waals surface area contributed by atoms with Crippen molar-refractivity contribution < 1.29 is 0 Å². The van der Waals surface area contributed by atoms with Gasteiger partial charge in [0.2, 0.25) is 5.16 Å². The van der Waals surface area contributed by atoms with E-state index < -0.39 is 0 Å². The third-order valence-electron chi connectivity index (χ3n) is 2.08. The summed E-state index contributed by atoms with van der Waals surface area (Å²) in [6.07, 6.45) is 1.85. The Labute approximate surface area is 113 Å². The monoisotopic (exact) mass is 286 g/mol. The zero-order valence-corrected chi connectivity index (χ0v) is 11.1. The highest BCUT2D eigenvalue weighted by atomic mass is 35.5. The van der Waals surface area contributed by atoms with Crippen molar-refractivity contribution in [3.63, 3.8) is 0 Å². The van der Waals surface area contributed by atoms with Gasteiger partial charge in [-0.25, -0.2) is 4.98 Å². The number of nitrogens with two attached hydrogens (primary N) is 1. The van der Waals surface area contributed by atoms with Crippen LogP contribution in [0, 0.1) is 0 Å². The molecule has 88 valence electrons. The Morgan fingerprint density at radius 2 is 2.00 bits per heavy atom. The van der Waals surface area contributed by atoms with Crippen LogP contribution in [0.25, 0.3) is 11.3 Å². The molecule has 0 fully saturated rings. The highest BCUT2D eigenvalue weighted by molar-refractivity contribution is 7.98. The summed E-state index contributed by atoms with van der Waals surface area (Å²) in [5.41, 5.74) is 6.89. The lowest BCUT2D eigenvalue weighted by Gasteiger charge is -2.06. The molecule has 0 spiro atoms. The first-order valence-electron chi connectivity index (χ1n) is 4.62. The minimum atomic E-state index is 0.286. The molecule has 1 heterocycles. The molecule has 2 rings (SSSR count). The zero-order valence-electron chi connectivity index (χ0n) is 8.82. The number of nitrogen functional groups attached to an aromatic ring is 1. The Bertz CT molecular complexity index is 562. The molecule has 0 saturated heterocycles. The Morgan fingerprint density at radius 1 is 1.24 bits per heavy atom. The third kappa shape index (κ3) is 2.46. The molecule has 2 N–H and O–H groups in total. The number of hydrogen-bond donors (Lipinski definition) is 1. The smallest absolute Gasteiger partial charge is 0.210 e. The van der Waals surface area contributed by atoms with E-state index in [0.717, 1.165) is 0 Å². The molecule has 0 unspecified atom stereocenters. The van der Waals surface area contributed by atoms with Gasteiger partial charge in [-0.2, -0.15) is 0 Å². The first-order chi connectivity index (χ1) is 8.13. The van der Waals surface area contributed by atoms with Crippen LogP contribution in [-0.2, 0) is 0 Å². The van der Waals surface area contributed by atoms with E-state index in [1.165, 1.54) is 11.8 Å². The predicted molar refractivity (Wildman–Crippen MR) is 71.5 cm³/mol. The van der Waals surface area contributed by atoms with Gasteiger partial charge in [0.05, 0.1) is 10.0 Å². The number of hydrogen-bond acceptors (Lipinski definition) is 5. The third-order valence-corrected chi connectivity index (χ3v) is 3.44. The van der Waals surface area contributed by atoms with Crippen molar-refractivity contribution in [1.82, 2.24) is 15.2 Å². The van der Waals surface area contributed by atoms with Crippen molar-refractivity contribution in [2.45, 2.75) is 5.16 Å². The van der Waals surface area contributed by atoms with Gasteiger partial charge < -0.3 is 5.73 Å². The Hall–Kier alpha value is -1.04. The molecule has 17 heavy (non-hydrogen) atoms. The van der Waals surface area contributed by atoms with Crippen LogP contribution in [0.3, 0.4) is 0 Å². The van der Waals surface area contributed by atoms with E-state index in [1.807, 2.05) is 6.26 Å². The lowest BCUT2D eigenvalue weighted by molar-refractivity contribution is 0.854. The molecule has 7 heteroatoms. The molecule has 0 bridgehead atoms. The molecule has 0 aliphatic heterocycles. The van der Waals surface area contributed by atoms with E-state index >= 15 is 0 Å². The van der Waals surface area contributed by atoms with Gasteiger partial charge in [0, 0.05) is 5.56 Å². The fourth-order valence-electron chi connectivity index (χ4n) is 1.29. The zero-order chi connectivity index (χ0) is 12.4. The molecule has 0 aliphatic carbocycles. The highest BCUT2D eigenvalue weighted by Gasteiger charge is 2.13. The summed E-state index contributed by atoms with van der Waals surface area (Å²) in [6.45, 7) is 0. The Kier molecular flexibility index (Phi) is 3.71. The number of rotatable bonds is 2. The largest absolute Gasteiger partial charge is 0.382 e. The van der Waals surface area contributed by atoms with Gasteiger partial charge in [-0.3, -0.25) is 0 Å². The fourth-order valence-corrected chi connectivity index (χ4v) is 1.99. The number of benzene rings is 1. The summed E-state index contributed by atoms with van der Waals surface area (Å²) < 4.78 is 0. The molecule has 1 aromatic heterocycles. The maximum atomic E-state index is 6.09. The molecule has 1 aromatic carbocycles. The second-order valence-corrected chi connectivity index (χ2v) is 4.69. The van der Waals surface area contributed by atoms with Gasteiger partial charge in [0.1, 0.15) is 5.69 Å². The predicted octanol–water partition coefficient (Wildman–Crippen LogP) is 3.15. The summed E-state index contributed by atoms with van der Waals surface area (Å²) >= 11 is 13.4. The van der Waals surface area contributed by atoms with Gasteiger partial charge in [-0.15, -0.1) is 10.2 Å². The van der Waals surface area contributed by atoms with Crippen molar-refractivity contribution in [3.8, 4) is 11.3 Å². The number of aromatic nitrogens is 3. The quantitative estimate of drug-likeness (QED) is 0.859. The van der Waals surface area contributed by atoms with Crippen LogP contribution in [0.5, 0.6) is 0 Å². The maximum absolute atomic E-state index is 6.09. The molecule has 4 nitrogen and oxygen atoms in total. The second-order valence-electron chi connectivity index (χ2n) is 3.13. The summed E-state index contributed by atoms with van der Waals surface area (Å²) in [4.78, 5) is 4.10. The lowest BCUT2D eigenvalue weighted by atomic mass is 10.1. The fraction of sp³-hybridized carbons (Fsp3) is 0.100. The Morgan fingerprint density at radius 3 is 2.65 bits per heavy atom. The number of anilines is 1. The van der Waals surface area contributed by atoms with E-state index in [1.54, 1.807) is 18.2 Å². The van der Waals surface area contributed by atoms with E-state index in [4.69, 9.17) is 28.9 Å². The average molecular weight is 287 g/mol. The van der Waals surface area contributed by atoms with Crippen molar-refractivity contribution in [2.75, 3.05) is 12.0 Å². The molecule has 0 aliphatic rings. The first-order valence-corrected chi connectivity index (χ1v) is 6.60. The van der Waals surface area contributed by atoms with Crippen LogP contribution in [0.2, 0.25) is 10.0 Å². The summed E-state index contributed by atoms with van der Waals surface area (Å²) in [6, 6.07) is 5.24. The minimum Gasteiger partial charge on any atom is -0.382 e. The van der Waals surface area contributed by atoms with Gasteiger partial charge >= 0.3 is 0 Å². The Balaban J connectivity index is 2.57. The van der Waals surface area contributed by atoms with Crippen LogP contribution >= 0.6 is 35.0 Å². The van der Waals surface area contributed by atoms with Crippen molar-refractivity contribution in [2.24, 2.45) is 0 Å². The van der Waals surface area contributed by atoms with Crippen LogP contribution in [0.4, 0.5) is 5.82 Å². The van der Waals surface area contributed by atoms with E-state index in [2.05, 4.69) is 15.2 Å².